The van der Waals surface area contributed by atoms with E-state index in [1.54, 1.807) is 6.08 Å². The molecule has 1 radical (unpaired) electrons. The van der Waals surface area contributed by atoms with E-state index >= 15 is 0 Å². The number of ether oxygens (including phenoxy) is 1. The van der Waals surface area contributed by atoms with Crippen LogP contribution in [0.25, 0.3) is 0 Å². The zero-order chi connectivity index (χ0) is 19.9. The van der Waals surface area contributed by atoms with Gasteiger partial charge in [0.25, 0.3) is 0 Å². The standard InChI is InChI=1S/C12H21NO10S3.K/c1-25(18)5-3-2-4-8(13-23-26(19,20)21)24-12-11(17)10(16)9(15)7(6-14)22-12;/h3,5,7,9-12,14-17H,2,4,6H2,1H3,(H,19,20,21);/b5-3+,13-8+;/t7-,9-,10+,11-,12+,25?;/m1./s1. The first kappa shape index (κ1) is 28.1. The molecule has 1 aliphatic rings. The van der Waals surface area contributed by atoms with Gasteiger partial charge >= 0.3 is 10.4 Å². The van der Waals surface area contributed by atoms with E-state index in [2.05, 4.69) is 9.44 Å². The predicted octanol–water partition coefficient (Wildman–Crippen LogP) is -2.06. The monoisotopic (exact) mass is 474 g/mol. The van der Waals surface area contributed by atoms with Crippen molar-refractivity contribution in [1.82, 2.24) is 0 Å². The van der Waals surface area contributed by atoms with Crippen LogP contribution in [0.3, 0.4) is 0 Å². The van der Waals surface area contributed by atoms with Crippen LogP contribution in [0, 0.1) is 0 Å². The van der Waals surface area contributed by atoms with Crippen LogP contribution in [0.5, 0.6) is 0 Å². The van der Waals surface area contributed by atoms with E-state index in [0.717, 1.165) is 0 Å². The molecule has 1 saturated heterocycles. The van der Waals surface area contributed by atoms with Gasteiger partial charge in [0.2, 0.25) is 0 Å². The number of allylic oxidation sites excluding steroid dienone is 1. The van der Waals surface area contributed by atoms with Crippen molar-refractivity contribution in [3.63, 3.8) is 0 Å². The number of hydrogen-bond donors (Lipinski definition) is 5. The summed E-state index contributed by atoms with van der Waals surface area (Å²) in [5.74, 6) is 0. The number of rotatable bonds is 8. The zero-order valence-corrected chi connectivity index (χ0v) is 20.2. The Bertz CT molecular complexity index is 641. The van der Waals surface area contributed by atoms with Crippen LogP contribution >= 0.6 is 11.8 Å². The number of hydrogen-bond acceptors (Lipinski definition) is 11. The molecule has 0 amide bonds. The molecule has 1 fully saturated rings. The van der Waals surface area contributed by atoms with Crippen molar-refractivity contribution in [2.24, 2.45) is 5.16 Å². The Hall–Kier alpha value is 1.06. The van der Waals surface area contributed by atoms with Gasteiger partial charge in [-0.25, -0.2) is 4.28 Å². The Labute approximate surface area is 206 Å². The van der Waals surface area contributed by atoms with Gasteiger partial charge in [-0.2, -0.15) is 8.42 Å². The van der Waals surface area contributed by atoms with Crippen LogP contribution in [-0.4, -0.2) is 137 Å². The predicted molar refractivity (Wildman–Crippen MR) is 99.6 cm³/mol. The first-order valence-electron chi connectivity index (χ1n) is 7.24. The SMILES string of the molecule is CS(=O)/C=C/CC/C(=N\OS(=O)(=O)O)S[C@@H]1O[C@H](CO)[C@@H](O)[C@H](O)[C@H]1O.[K]. The fourth-order valence-corrected chi connectivity index (χ4v) is 3.65. The summed E-state index contributed by atoms with van der Waals surface area (Å²) in [6.45, 7) is -0.624. The third kappa shape index (κ3) is 10.6. The van der Waals surface area contributed by atoms with Crippen molar-refractivity contribution in [1.29, 1.82) is 0 Å². The average Bonchev–Trinajstić information content (AvgIpc) is 2.55. The number of aliphatic hydroxyl groups is 4. The number of thioether (sulfide) groups is 1. The topological polar surface area (TPSA) is 183 Å². The van der Waals surface area contributed by atoms with E-state index < -0.39 is 57.7 Å². The fourth-order valence-electron chi connectivity index (χ4n) is 1.92. The quantitative estimate of drug-likeness (QED) is 0.0857. The zero-order valence-electron chi connectivity index (χ0n) is 14.6. The minimum atomic E-state index is -4.85. The molecule has 0 bridgehead atoms. The third-order valence-corrected chi connectivity index (χ3v) is 5.16. The molecule has 27 heavy (non-hydrogen) atoms. The van der Waals surface area contributed by atoms with Crippen LogP contribution in [0.2, 0.25) is 0 Å². The Morgan fingerprint density at radius 1 is 1.30 bits per heavy atom. The Balaban J connectivity index is 0.00000676. The molecule has 0 aromatic carbocycles. The second-order valence-electron chi connectivity index (χ2n) is 5.21. The minimum absolute atomic E-state index is 0. The van der Waals surface area contributed by atoms with Crippen LogP contribution in [0.1, 0.15) is 12.8 Å². The summed E-state index contributed by atoms with van der Waals surface area (Å²) >= 11 is 0.683. The van der Waals surface area contributed by atoms with Gasteiger partial charge in [-0.05, 0) is 11.8 Å². The van der Waals surface area contributed by atoms with E-state index in [9.17, 15) is 27.9 Å². The Kier molecular flexibility index (Phi) is 13.9. The van der Waals surface area contributed by atoms with E-state index in [1.807, 2.05) is 0 Å². The molecule has 1 heterocycles. The Morgan fingerprint density at radius 2 is 1.93 bits per heavy atom. The van der Waals surface area contributed by atoms with Gasteiger partial charge < -0.3 is 25.2 Å². The van der Waals surface area contributed by atoms with Crippen molar-refractivity contribution < 1.29 is 46.6 Å². The molecule has 0 aliphatic carbocycles. The molecule has 0 saturated carbocycles. The largest absolute Gasteiger partial charge is 0.466 e. The van der Waals surface area contributed by atoms with Gasteiger partial charge in [-0.1, -0.05) is 23.0 Å². The molecule has 1 unspecified atom stereocenters. The smallest absolute Gasteiger partial charge is 0.394 e. The van der Waals surface area contributed by atoms with Crippen LogP contribution in [-0.2, 0) is 30.2 Å². The molecule has 1 rings (SSSR count). The number of aliphatic hydroxyl groups excluding tert-OH is 4. The van der Waals surface area contributed by atoms with Crippen LogP contribution in [0.4, 0.5) is 0 Å². The van der Waals surface area contributed by atoms with E-state index in [0.29, 0.717) is 11.8 Å². The van der Waals surface area contributed by atoms with Gasteiger partial charge in [-0.3, -0.25) is 8.76 Å². The molecular formula is C12H21KNO10S3. The third-order valence-electron chi connectivity index (χ3n) is 3.15. The maximum atomic E-state index is 11.0. The van der Waals surface area contributed by atoms with Gasteiger partial charge in [0.1, 0.15) is 34.9 Å². The summed E-state index contributed by atoms with van der Waals surface area (Å²) in [5, 5.41) is 43.3. The normalized spacial score (nSPS) is 30.7. The molecule has 5 N–H and O–H groups in total. The summed E-state index contributed by atoms with van der Waals surface area (Å²) in [5.41, 5.74) is -1.20. The first-order valence-corrected chi connectivity index (χ1v) is 11.1. The molecular weight excluding hydrogens is 453 g/mol. The fraction of sp³-hybridized carbons (Fsp3) is 0.750. The van der Waals surface area contributed by atoms with E-state index in [4.69, 9.17) is 14.4 Å². The van der Waals surface area contributed by atoms with Gasteiger partial charge in [0.15, 0.2) is 0 Å². The van der Waals surface area contributed by atoms with Gasteiger partial charge in [0.05, 0.1) is 6.61 Å². The van der Waals surface area contributed by atoms with Gasteiger partial charge in [0, 0.05) is 74.9 Å². The molecule has 11 nitrogen and oxygen atoms in total. The van der Waals surface area contributed by atoms with E-state index in [-0.39, 0.29) is 69.3 Å². The Morgan fingerprint density at radius 3 is 2.44 bits per heavy atom. The van der Waals surface area contributed by atoms with Crippen molar-refractivity contribution in [3.05, 3.63) is 11.5 Å². The van der Waals surface area contributed by atoms with Gasteiger partial charge in [-0.15, -0.1) is 0 Å². The molecule has 0 aromatic heterocycles. The molecule has 15 heteroatoms. The molecule has 0 spiro atoms. The molecule has 6 atom stereocenters. The molecule has 1 aliphatic heterocycles. The average molecular weight is 475 g/mol. The van der Waals surface area contributed by atoms with Crippen molar-refractivity contribution >= 4 is 89.4 Å². The summed E-state index contributed by atoms with van der Waals surface area (Å²) in [6, 6.07) is 0. The number of nitrogens with zero attached hydrogens (tertiary/aromatic N) is 1. The van der Waals surface area contributed by atoms with Crippen LogP contribution in [0.15, 0.2) is 16.6 Å². The summed E-state index contributed by atoms with van der Waals surface area (Å²) < 4.78 is 50.2. The summed E-state index contributed by atoms with van der Waals surface area (Å²) in [7, 11) is -6.03. The second-order valence-corrected chi connectivity index (χ2v) is 8.66. The maximum Gasteiger partial charge on any atom is 0.466 e. The maximum absolute atomic E-state index is 11.0. The molecule has 0 aromatic rings. The van der Waals surface area contributed by atoms with Crippen molar-refractivity contribution in [2.75, 3.05) is 12.9 Å². The summed E-state index contributed by atoms with van der Waals surface area (Å²) in [4.78, 5) is 0. The van der Waals surface area contributed by atoms with E-state index in [1.165, 1.54) is 11.7 Å². The van der Waals surface area contributed by atoms with Crippen molar-refractivity contribution in [2.45, 2.75) is 42.7 Å². The first-order chi connectivity index (χ1) is 12.0. The van der Waals surface area contributed by atoms with Crippen molar-refractivity contribution in [3.8, 4) is 0 Å². The summed E-state index contributed by atoms with van der Waals surface area (Å²) in [6.07, 6.45) is -2.50. The minimum Gasteiger partial charge on any atom is -0.394 e. The number of oxime groups is 1. The van der Waals surface area contributed by atoms with Crippen LogP contribution < -0.4 is 0 Å². The molecule has 153 valence electrons. The second kappa shape index (κ2) is 13.4.